The first-order valence-electron chi connectivity index (χ1n) is 7.59. The van der Waals surface area contributed by atoms with Crippen molar-refractivity contribution in [2.45, 2.75) is 26.2 Å². The molecule has 3 N–H and O–H groups in total. The monoisotopic (exact) mass is 430 g/mol. The maximum Gasteiger partial charge on any atom is 0.257 e. The molecule has 1 amide bonds. The van der Waals surface area contributed by atoms with Gasteiger partial charge >= 0.3 is 0 Å². The molecule has 0 aliphatic rings. The lowest BCUT2D eigenvalue weighted by molar-refractivity contribution is 0.0977. The van der Waals surface area contributed by atoms with Gasteiger partial charge in [-0.15, -0.1) is 0 Å². The number of nitrogens with one attached hydrogen (secondary N) is 2. The van der Waals surface area contributed by atoms with E-state index in [0.717, 1.165) is 5.56 Å². The van der Waals surface area contributed by atoms with E-state index in [1.165, 1.54) is 18.2 Å². The molecule has 2 aromatic rings. The summed E-state index contributed by atoms with van der Waals surface area (Å²) in [4.78, 5) is 12.3. The Bertz CT molecular complexity index is 879. The van der Waals surface area contributed by atoms with Crippen molar-refractivity contribution in [2.75, 3.05) is 5.32 Å². The van der Waals surface area contributed by atoms with E-state index < -0.39 is 5.91 Å². The number of benzene rings is 2. The molecule has 0 fully saturated rings. The molecule has 2 aromatic carbocycles. The molecule has 4 nitrogen and oxygen atoms in total. The Morgan fingerprint density at radius 3 is 2.27 bits per heavy atom. The van der Waals surface area contributed by atoms with Gasteiger partial charge in [0.25, 0.3) is 5.91 Å². The Morgan fingerprint density at radius 2 is 1.69 bits per heavy atom. The second-order valence-corrected chi connectivity index (χ2v) is 8.27. The normalized spacial score (nSPS) is 11.2. The third kappa shape index (κ3) is 5.01. The standard InChI is InChI=1S/C18H17Cl3N2O2S/c1-18(2,3)10-7-13(21)15(24)14(8-10)22-17(26)23-16(25)9-4-5-11(19)12(20)6-9/h4-8,24H,1-3H3,(H2,22,23,25,26). The number of carbonyl (C=O) groups excluding carboxylic acids is 1. The van der Waals surface area contributed by atoms with Crippen LogP contribution in [-0.2, 0) is 5.41 Å². The fourth-order valence-corrected chi connectivity index (χ4v) is 2.81. The third-order valence-electron chi connectivity index (χ3n) is 3.59. The summed E-state index contributed by atoms with van der Waals surface area (Å²) >= 11 is 23.0. The van der Waals surface area contributed by atoms with E-state index in [1.54, 1.807) is 12.1 Å². The first-order valence-corrected chi connectivity index (χ1v) is 9.13. The number of rotatable bonds is 2. The van der Waals surface area contributed by atoms with Crippen LogP contribution in [0.3, 0.4) is 0 Å². The lowest BCUT2D eigenvalue weighted by Gasteiger charge is -2.21. The minimum atomic E-state index is -0.460. The van der Waals surface area contributed by atoms with Crippen LogP contribution in [0.2, 0.25) is 15.1 Å². The number of aromatic hydroxyl groups is 1. The number of phenolic OH excluding ortho intramolecular Hbond substituents is 1. The van der Waals surface area contributed by atoms with Gasteiger partial charge in [-0.2, -0.15) is 0 Å². The molecule has 0 aliphatic heterocycles. The highest BCUT2D eigenvalue weighted by molar-refractivity contribution is 7.80. The summed E-state index contributed by atoms with van der Waals surface area (Å²) in [5.41, 5.74) is 1.33. The predicted molar refractivity (Wildman–Crippen MR) is 112 cm³/mol. The van der Waals surface area contributed by atoms with E-state index >= 15 is 0 Å². The van der Waals surface area contributed by atoms with Crippen molar-refractivity contribution in [3.63, 3.8) is 0 Å². The van der Waals surface area contributed by atoms with Crippen LogP contribution in [0, 0.1) is 0 Å². The van der Waals surface area contributed by atoms with Crippen LogP contribution in [0.1, 0.15) is 36.7 Å². The van der Waals surface area contributed by atoms with Gasteiger partial charge in [-0.05, 0) is 53.5 Å². The molecule has 0 saturated carbocycles. The zero-order valence-corrected chi connectivity index (χ0v) is 17.4. The van der Waals surface area contributed by atoms with Crippen LogP contribution in [0.25, 0.3) is 0 Å². The van der Waals surface area contributed by atoms with Gasteiger partial charge in [0.15, 0.2) is 10.9 Å². The van der Waals surface area contributed by atoms with E-state index in [1.807, 2.05) is 20.8 Å². The van der Waals surface area contributed by atoms with Crippen molar-refractivity contribution in [2.24, 2.45) is 0 Å². The van der Waals surface area contributed by atoms with E-state index in [9.17, 15) is 9.90 Å². The first-order chi connectivity index (χ1) is 12.0. The summed E-state index contributed by atoms with van der Waals surface area (Å²) < 4.78 is 0. The molecular formula is C18H17Cl3N2O2S. The molecule has 0 unspecified atom stereocenters. The SMILES string of the molecule is CC(C)(C)c1cc(Cl)c(O)c(NC(=S)NC(=O)c2ccc(Cl)c(Cl)c2)c1. The molecule has 0 radical (unpaired) electrons. The number of amides is 1. The summed E-state index contributed by atoms with van der Waals surface area (Å²) in [6, 6.07) is 7.92. The van der Waals surface area contributed by atoms with Crippen LogP contribution in [0.5, 0.6) is 5.75 Å². The molecule has 0 atom stereocenters. The van der Waals surface area contributed by atoms with Crippen molar-refractivity contribution >= 4 is 63.7 Å². The number of anilines is 1. The third-order valence-corrected chi connectivity index (χ3v) is 4.82. The predicted octanol–water partition coefficient (Wildman–Crippen LogP) is 5.78. The lowest BCUT2D eigenvalue weighted by atomic mass is 9.87. The first kappa shape index (κ1) is 20.8. The van der Waals surface area contributed by atoms with Gasteiger partial charge in [0, 0.05) is 5.56 Å². The molecule has 8 heteroatoms. The zero-order valence-electron chi connectivity index (χ0n) is 14.3. The molecule has 138 valence electrons. The quantitative estimate of drug-likeness (QED) is 0.417. The summed E-state index contributed by atoms with van der Waals surface area (Å²) in [6.45, 7) is 6.05. The highest BCUT2D eigenvalue weighted by Gasteiger charge is 2.19. The van der Waals surface area contributed by atoms with Crippen molar-refractivity contribution < 1.29 is 9.90 Å². The van der Waals surface area contributed by atoms with Crippen molar-refractivity contribution in [3.05, 3.63) is 56.5 Å². The second kappa shape index (κ2) is 8.01. The fraction of sp³-hybridized carbons (Fsp3) is 0.222. The molecule has 0 aromatic heterocycles. The van der Waals surface area contributed by atoms with E-state index in [4.69, 9.17) is 47.0 Å². The second-order valence-electron chi connectivity index (χ2n) is 6.64. The lowest BCUT2D eigenvalue weighted by Crippen LogP contribution is -2.34. The number of hydrogen-bond acceptors (Lipinski definition) is 3. The molecule has 0 spiro atoms. The topological polar surface area (TPSA) is 61.4 Å². The molecular weight excluding hydrogens is 415 g/mol. The summed E-state index contributed by atoms with van der Waals surface area (Å²) in [6.07, 6.45) is 0. The van der Waals surface area contributed by atoms with E-state index in [2.05, 4.69) is 10.6 Å². The van der Waals surface area contributed by atoms with Crippen molar-refractivity contribution in [1.29, 1.82) is 0 Å². The fourth-order valence-electron chi connectivity index (χ4n) is 2.09. The van der Waals surface area contributed by atoms with Gasteiger partial charge in [-0.3, -0.25) is 10.1 Å². The number of phenols is 1. The molecule has 26 heavy (non-hydrogen) atoms. The molecule has 0 aliphatic carbocycles. The van der Waals surface area contributed by atoms with Crippen molar-refractivity contribution in [1.82, 2.24) is 5.32 Å². The Morgan fingerprint density at radius 1 is 1.04 bits per heavy atom. The van der Waals surface area contributed by atoms with Crippen LogP contribution in [0.4, 0.5) is 5.69 Å². The van der Waals surface area contributed by atoms with Crippen LogP contribution < -0.4 is 10.6 Å². The number of thiocarbonyl (C=S) groups is 1. The van der Waals surface area contributed by atoms with Crippen LogP contribution in [0.15, 0.2) is 30.3 Å². The maximum absolute atomic E-state index is 12.3. The van der Waals surface area contributed by atoms with Gasteiger partial charge in [0.2, 0.25) is 0 Å². The van der Waals surface area contributed by atoms with E-state index in [0.29, 0.717) is 16.3 Å². The number of hydrogen-bond donors (Lipinski definition) is 3. The number of halogens is 3. The largest absolute Gasteiger partial charge is 0.504 e. The molecule has 0 bridgehead atoms. The van der Waals surface area contributed by atoms with Gasteiger partial charge in [-0.1, -0.05) is 55.6 Å². The van der Waals surface area contributed by atoms with Crippen LogP contribution in [-0.4, -0.2) is 16.1 Å². The average molecular weight is 432 g/mol. The van der Waals surface area contributed by atoms with Gasteiger partial charge in [0.05, 0.1) is 20.8 Å². The summed E-state index contributed by atoms with van der Waals surface area (Å²) in [7, 11) is 0. The molecule has 0 heterocycles. The number of carbonyl (C=O) groups is 1. The highest BCUT2D eigenvalue weighted by Crippen LogP contribution is 2.37. The Hall–Kier alpha value is -1.53. The maximum atomic E-state index is 12.3. The minimum absolute atomic E-state index is 0.0125. The van der Waals surface area contributed by atoms with Gasteiger partial charge in [-0.25, -0.2) is 0 Å². The summed E-state index contributed by atoms with van der Waals surface area (Å²) in [5.74, 6) is -0.607. The highest BCUT2D eigenvalue weighted by atomic mass is 35.5. The Balaban J connectivity index is 2.18. The van der Waals surface area contributed by atoms with Gasteiger partial charge in [0.1, 0.15) is 0 Å². The zero-order chi connectivity index (χ0) is 19.6. The Labute approximate surface area is 172 Å². The smallest absolute Gasteiger partial charge is 0.257 e. The van der Waals surface area contributed by atoms with E-state index in [-0.39, 0.29) is 26.3 Å². The van der Waals surface area contributed by atoms with Crippen LogP contribution >= 0.6 is 47.0 Å². The van der Waals surface area contributed by atoms with Crippen molar-refractivity contribution in [3.8, 4) is 5.75 Å². The molecule has 2 rings (SSSR count). The average Bonchev–Trinajstić information content (AvgIpc) is 2.53. The Kier molecular flexibility index (Phi) is 6.40. The molecule has 0 saturated heterocycles. The van der Waals surface area contributed by atoms with Gasteiger partial charge < -0.3 is 10.4 Å². The summed E-state index contributed by atoms with van der Waals surface area (Å²) in [5, 5.41) is 16.3. The minimum Gasteiger partial charge on any atom is -0.504 e.